The highest BCUT2D eigenvalue weighted by Crippen LogP contribution is 2.34. The van der Waals surface area contributed by atoms with Crippen molar-refractivity contribution in [3.05, 3.63) is 77.9 Å². The van der Waals surface area contributed by atoms with Gasteiger partial charge in [-0.3, -0.25) is 14.9 Å². The van der Waals surface area contributed by atoms with Crippen LogP contribution in [0.5, 0.6) is 0 Å². The Labute approximate surface area is 236 Å². The molecule has 1 amide bonds. The molecule has 1 saturated heterocycles. The van der Waals surface area contributed by atoms with E-state index in [1.165, 1.54) is 0 Å². The van der Waals surface area contributed by atoms with Gasteiger partial charge < -0.3 is 15.0 Å². The first-order valence-electron chi connectivity index (χ1n) is 13.9. The summed E-state index contributed by atoms with van der Waals surface area (Å²) >= 11 is 0. The van der Waals surface area contributed by atoms with Crippen LogP contribution < -0.4 is 10.2 Å². The second-order valence-electron chi connectivity index (χ2n) is 11.0. The van der Waals surface area contributed by atoms with Gasteiger partial charge in [0.05, 0.1) is 29.6 Å². The molecule has 4 heterocycles. The fourth-order valence-electron chi connectivity index (χ4n) is 5.58. The van der Waals surface area contributed by atoms with E-state index in [-0.39, 0.29) is 36.7 Å². The van der Waals surface area contributed by atoms with Gasteiger partial charge in [0.1, 0.15) is 5.82 Å². The third-order valence-electron chi connectivity index (χ3n) is 7.59. The molecule has 1 aliphatic carbocycles. The van der Waals surface area contributed by atoms with Crippen LogP contribution >= 0.6 is 0 Å². The molecule has 2 unspecified atom stereocenters. The van der Waals surface area contributed by atoms with E-state index in [9.17, 15) is 13.6 Å². The maximum Gasteiger partial charge on any atom is 0.276 e. The predicted molar refractivity (Wildman–Crippen MR) is 154 cm³/mol. The van der Waals surface area contributed by atoms with Gasteiger partial charge in [-0.15, -0.1) is 0 Å². The number of morpholine rings is 1. The summed E-state index contributed by atoms with van der Waals surface area (Å²) in [5.41, 5.74) is 5.32. The molecule has 0 spiro atoms. The molecule has 2 atom stereocenters. The highest BCUT2D eigenvalue weighted by Gasteiger charge is 2.30. The molecule has 3 aromatic heterocycles. The third kappa shape index (κ3) is 6.12. The van der Waals surface area contributed by atoms with Crippen molar-refractivity contribution in [1.82, 2.24) is 20.2 Å². The summed E-state index contributed by atoms with van der Waals surface area (Å²) in [6.45, 7) is 5.62. The fourth-order valence-corrected chi connectivity index (χ4v) is 5.58. The van der Waals surface area contributed by atoms with Crippen LogP contribution in [0.15, 0.2) is 66.6 Å². The lowest BCUT2D eigenvalue weighted by molar-refractivity contribution is -0.00889. The molecule has 8 nitrogen and oxygen atoms in total. The number of carbonyl (C=O) groups excluding carboxylic acids is 1. The number of carbonyl (C=O) groups is 1. The standard InChI is InChI=1S/C31H32F2N6O2/c1-19-17-39(18-20(2)41-19)28-6-4-25(16-35-28)36-30(40)29-26-13-23(3-5-27(26)37-38-29)24-12-22(14-34-15-24)11-21-7-9-31(32,33)10-8-21/h3-7,12-16,19-20H,8-11,17-18H2,1-2H3,(H,36,40)(H,37,38). The molecule has 1 aromatic carbocycles. The first-order chi connectivity index (χ1) is 19.7. The highest BCUT2D eigenvalue weighted by molar-refractivity contribution is 6.11. The average molecular weight is 559 g/mol. The molecule has 1 fully saturated rings. The summed E-state index contributed by atoms with van der Waals surface area (Å²) in [5.74, 6) is -2.11. The van der Waals surface area contributed by atoms with Gasteiger partial charge in [0, 0.05) is 49.3 Å². The molecular weight excluding hydrogens is 526 g/mol. The van der Waals surface area contributed by atoms with Gasteiger partial charge in [0.25, 0.3) is 11.8 Å². The smallest absolute Gasteiger partial charge is 0.276 e. The molecule has 6 rings (SSSR count). The largest absolute Gasteiger partial charge is 0.372 e. The molecule has 212 valence electrons. The van der Waals surface area contributed by atoms with Crippen molar-refractivity contribution >= 4 is 28.3 Å². The number of nitrogens with zero attached hydrogens (tertiary/aromatic N) is 4. The average Bonchev–Trinajstić information content (AvgIpc) is 3.38. The van der Waals surface area contributed by atoms with E-state index >= 15 is 0 Å². The number of rotatable bonds is 6. The Morgan fingerprint density at radius 3 is 2.66 bits per heavy atom. The summed E-state index contributed by atoms with van der Waals surface area (Å²) < 4.78 is 32.9. The Balaban J connectivity index is 1.17. The zero-order valence-corrected chi connectivity index (χ0v) is 23.0. The summed E-state index contributed by atoms with van der Waals surface area (Å²) in [4.78, 5) is 24.3. The van der Waals surface area contributed by atoms with Crippen molar-refractivity contribution in [2.24, 2.45) is 0 Å². The molecule has 1 aliphatic heterocycles. The van der Waals surface area contributed by atoms with Crippen LogP contribution in [-0.4, -0.2) is 57.3 Å². The second kappa shape index (κ2) is 11.0. The van der Waals surface area contributed by atoms with Crippen LogP contribution in [-0.2, 0) is 11.2 Å². The van der Waals surface area contributed by atoms with Crippen molar-refractivity contribution < 1.29 is 18.3 Å². The molecule has 2 aliphatic rings. The van der Waals surface area contributed by atoms with Crippen molar-refractivity contribution in [2.75, 3.05) is 23.3 Å². The first kappa shape index (κ1) is 27.0. The van der Waals surface area contributed by atoms with Crippen molar-refractivity contribution in [3.63, 3.8) is 0 Å². The molecule has 4 aromatic rings. The van der Waals surface area contributed by atoms with Crippen LogP contribution in [0.25, 0.3) is 22.0 Å². The maximum atomic E-state index is 13.5. The number of aromatic nitrogens is 4. The van der Waals surface area contributed by atoms with E-state index in [0.29, 0.717) is 23.9 Å². The predicted octanol–water partition coefficient (Wildman–Crippen LogP) is 6.17. The molecule has 10 heteroatoms. The highest BCUT2D eigenvalue weighted by atomic mass is 19.3. The van der Waals surface area contributed by atoms with Crippen molar-refractivity contribution in [1.29, 1.82) is 0 Å². The van der Waals surface area contributed by atoms with Gasteiger partial charge in [-0.05, 0) is 68.1 Å². The summed E-state index contributed by atoms with van der Waals surface area (Å²) in [7, 11) is 0. The Hall–Kier alpha value is -4.18. The number of hydrogen-bond acceptors (Lipinski definition) is 6. The first-order valence-corrected chi connectivity index (χ1v) is 13.9. The number of pyridine rings is 2. The summed E-state index contributed by atoms with van der Waals surface area (Å²) in [6, 6.07) is 11.5. The number of benzene rings is 1. The van der Waals surface area contributed by atoms with Crippen LogP contribution in [0.4, 0.5) is 20.3 Å². The number of ether oxygens (including phenoxy) is 1. The van der Waals surface area contributed by atoms with E-state index in [2.05, 4.69) is 30.4 Å². The summed E-state index contributed by atoms with van der Waals surface area (Å²) in [6.07, 6.45) is 7.76. The maximum absolute atomic E-state index is 13.5. The van der Waals surface area contributed by atoms with Crippen LogP contribution in [0, 0.1) is 0 Å². The third-order valence-corrected chi connectivity index (χ3v) is 7.59. The number of nitrogens with one attached hydrogen (secondary N) is 2. The Morgan fingerprint density at radius 2 is 1.93 bits per heavy atom. The van der Waals surface area contributed by atoms with Gasteiger partial charge in [-0.25, -0.2) is 13.8 Å². The van der Waals surface area contributed by atoms with E-state index in [1.807, 2.05) is 50.2 Å². The monoisotopic (exact) mass is 558 g/mol. The number of amides is 1. The molecule has 2 N–H and O–H groups in total. The van der Waals surface area contributed by atoms with Crippen LogP contribution in [0.1, 0.15) is 49.2 Å². The Morgan fingerprint density at radius 1 is 1.10 bits per heavy atom. The lowest BCUT2D eigenvalue weighted by Gasteiger charge is -2.36. The molecule has 41 heavy (non-hydrogen) atoms. The lowest BCUT2D eigenvalue weighted by Crippen LogP contribution is -2.45. The number of H-pyrrole nitrogens is 1. The minimum Gasteiger partial charge on any atom is -0.372 e. The number of hydrogen-bond donors (Lipinski definition) is 2. The van der Waals surface area contributed by atoms with E-state index in [1.54, 1.807) is 24.7 Å². The summed E-state index contributed by atoms with van der Waals surface area (Å²) in [5, 5.41) is 10.8. The fraction of sp³-hybridized carbons (Fsp3) is 0.355. The van der Waals surface area contributed by atoms with Gasteiger partial charge >= 0.3 is 0 Å². The van der Waals surface area contributed by atoms with Crippen LogP contribution in [0.2, 0.25) is 0 Å². The van der Waals surface area contributed by atoms with E-state index in [4.69, 9.17) is 4.74 Å². The Kier molecular flexibility index (Phi) is 7.25. The zero-order chi connectivity index (χ0) is 28.6. The normalized spacial score (nSPS) is 20.6. The van der Waals surface area contributed by atoms with Gasteiger partial charge in [0.2, 0.25) is 0 Å². The van der Waals surface area contributed by atoms with Crippen molar-refractivity contribution in [3.8, 4) is 11.1 Å². The number of fused-ring (bicyclic) bond motifs is 1. The molecule has 0 bridgehead atoms. The van der Waals surface area contributed by atoms with Crippen molar-refractivity contribution in [2.45, 2.75) is 57.7 Å². The van der Waals surface area contributed by atoms with E-state index < -0.39 is 5.92 Å². The lowest BCUT2D eigenvalue weighted by atomic mass is 9.92. The van der Waals surface area contributed by atoms with Gasteiger partial charge in [-0.1, -0.05) is 17.7 Å². The van der Waals surface area contributed by atoms with Crippen LogP contribution in [0.3, 0.4) is 0 Å². The molecular formula is C31H32F2N6O2. The van der Waals surface area contributed by atoms with Gasteiger partial charge in [-0.2, -0.15) is 5.10 Å². The number of alkyl halides is 2. The molecule has 0 radical (unpaired) electrons. The van der Waals surface area contributed by atoms with E-state index in [0.717, 1.165) is 46.7 Å². The topological polar surface area (TPSA) is 96.0 Å². The minimum atomic E-state index is -2.60. The molecule has 0 saturated carbocycles. The second-order valence-corrected chi connectivity index (χ2v) is 11.0. The van der Waals surface area contributed by atoms with Gasteiger partial charge in [0.15, 0.2) is 5.69 Å². The Bertz CT molecular complexity index is 1590. The quantitative estimate of drug-likeness (QED) is 0.275. The minimum absolute atomic E-state index is 0.111. The number of aromatic amines is 1. The number of allylic oxidation sites excluding steroid dienone is 2. The zero-order valence-electron chi connectivity index (χ0n) is 23.0. The number of halogens is 2. The SMILES string of the molecule is CC1CN(c2ccc(NC(=O)c3n[nH]c4ccc(-c5cncc(CC6=CCC(F)(F)CC6)c5)cc34)cn2)CC(C)O1. The number of anilines is 2.